The molecule has 2 heterocycles. The molecule has 0 aliphatic carbocycles. The Bertz CT molecular complexity index is 1030. The zero-order valence-electron chi connectivity index (χ0n) is 13.3. The van der Waals surface area contributed by atoms with Crippen molar-refractivity contribution in [2.75, 3.05) is 11.9 Å². The number of hydrogen-bond acceptors (Lipinski definition) is 5. The summed E-state index contributed by atoms with van der Waals surface area (Å²) >= 11 is 11.8. The number of benzene rings is 1. The molecule has 136 valence electrons. The SMILES string of the molecule is O=C(Cc1ccc(Cl)c(Cl)c1)Nc1cc2c(=O)n(C(O)CO)cnn2c1. The highest BCUT2D eigenvalue weighted by molar-refractivity contribution is 6.42. The number of carbonyl (C=O) groups excluding carboxylic acids is 1. The lowest BCUT2D eigenvalue weighted by molar-refractivity contribution is -0.115. The van der Waals surface area contributed by atoms with Gasteiger partial charge in [-0.05, 0) is 23.8 Å². The molecule has 1 atom stereocenters. The fraction of sp³-hybridized carbons (Fsp3) is 0.188. The Labute approximate surface area is 157 Å². The number of carbonyl (C=O) groups is 1. The van der Waals surface area contributed by atoms with E-state index in [9.17, 15) is 14.7 Å². The Hall–Kier alpha value is -2.39. The fourth-order valence-electron chi connectivity index (χ4n) is 2.41. The second kappa shape index (κ2) is 7.46. The molecular formula is C16H14Cl2N4O4. The number of fused-ring (bicyclic) bond motifs is 1. The van der Waals surface area contributed by atoms with Gasteiger partial charge in [0.1, 0.15) is 11.8 Å². The molecule has 2 aromatic heterocycles. The first-order valence-electron chi connectivity index (χ1n) is 7.51. The summed E-state index contributed by atoms with van der Waals surface area (Å²) in [5.41, 5.74) is 0.652. The Morgan fingerprint density at radius 1 is 1.27 bits per heavy atom. The molecule has 0 spiro atoms. The van der Waals surface area contributed by atoms with Crippen LogP contribution in [0.4, 0.5) is 5.69 Å². The summed E-state index contributed by atoms with van der Waals surface area (Å²) in [6.45, 7) is -0.619. The Kier molecular flexibility index (Phi) is 5.28. The van der Waals surface area contributed by atoms with Crippen LogP contribution < -0.4 is 10.9 Å². The van der Waals surface area contributed by atoms with E-state index in [0.717, 1.165) is 10.9 Å². The van der Waals surface area contributed by atoms with Gasteiger partial charge < -0.3 is 15.5 Å². The molecule has 1 unspecified atom stereocenters. The second-order valence-electron chi connectivity index (χ2n) is 5.54. The van der Waals surface area contributed by atoms with Gasteiger partial charge in [-0.25, -0.2) is 4.52 Å². The standard InChI is InChI=1S/C16H14Cl2N4O4/c17-11-2-1-9(3-12(11)18)4-14(24)20-10-5-13-16(26)21(15(25)7-23)8-19-22(13)6-10/h1-3,5-6,8,15,23,25H,4,7H2,(H,20,24). The van der Waals surface area contributed by atoms with Crippen molar-refractivity contribution in [3.8, 4) is 0 Å². The van der Waals surface area contributed by atoms with Gasteiger partial charge >= 0.3 is 0 Å². The Balaban J connectivity index is 1.80. The van der Waals surface area contributed by atoms with Crippen LogP contribution in [0.2, 0.25) is 10.0 Å². The first kappa shape index (κ1) is 18.4. The van der Waals surface area contributed by atoms with E-state index in [1.54, 1.807) is 18.2 Å². The highest BCUT2D eigenvalue weighted by atomic mass is 35.5. The van der Waals surface area contributed by atoms with Crippen molar-refractivity contribution in [3.05, 3.63) is 62.8 Å². The second-order valence-corrected chi connectivity index (χ2v) is 6.35. The first-order chi connectivity index (χ1) is 12.4. The molecule has 3 rings (SSSR count). The minimum absolute atomic E-state index is 0.0734. The number of hydrogen-bond donors (Lipinski definition) is 3. The number of aliphatic hydroxyl groups is 2. The molecule has 3 aromatic rings. The molecule has 0 saturated carbocycles. The predicted molar refractivity (Wildman–Crippen MR) is 96.6 cm³/mol. The zero-order chi connectivity index (χ0) is 18.8. The van der Waals surface area contributed by atoms with Gasteiger partial charge in [-0.3, -0.25) is 14.2 Å². The molecule has 0 fully saturated rings. The fourth-order valence-corrected chi connectivity index (χ4v) is 2.73. The third-order valence-corrected chi connectivity index (χ3v) is 4.41. The van der Waals surface area contributed by atoms with E-state index in [2.05, 4.69) is 10.4 Å². The van der Waals surface area contributed by atoms with E-state index < -0.39 is 18.4 Å². The van der Waals surface area contributed by atoms with Gasteiger partial charge in [0.2, 0.25) is 5.91 Å². The number of nitrogens with zero attached hydrogens (tertiary/aromatic N) is 3. The lowest BCUT2D eigenvalue weighted by atomic mass is 10.1. The normalized spacial score (nSPS) is 12.3. The summed E-state index contributed by atoms with van der Waals surface area (Å²) in [6.07, 6.45) is 1.27. The van der Waals surface area contributed by atoms with Gasteiger partial charge in [-0.1, -0.05) is 29.3 Å². The maximum atomic E-state index is 12.3. The maximum absolute atomic E-state index is 12.3. The van der Waals surface area contributed by atoms with E-state index in [1.807, 2.05) is 0 Å². The van der Waals surface area contributed by atoms with Crippen LogP contribution in [0.3, 0.4) is 0 Å². The third-order valence-electron chi connectivity index (χ3n) is 3.67. The first-order valence-corrected chi connectivity index (χ1v) is 8.27. The monoisotopic (exact) mass is 396 g/mol. The average molecular weight is 397 g/mol. The molecule has 0 saturated heterocycles. The number of rotatable bonds is 5. The largest absolute Gasteiger partial charge is 0.392 e. The van der Waals surface area contributed by atoms with Crippen molar-refractivity contribution in [1.82, 2.24) is 14.2 Å². The summed E-state index contributed by atoms with van der Waals surface area (Å²) in [4.78, 5) is 24.5. The van der Waals surface area contributed by atoms with Gasteiger partial charge in [-0.15, -0.1) is 0 Å². The minimum Gasteiger partial charge on any atom is -0.392 e. The van der Waals surface area contributed by atoms with Crippen LogP contribution in [0.5, 0.6) is 0 Å². The lowest BCUT2D eigenvalue weighted by Gasteiger charge is -2.09. The van der Waals surface area contributed by atoms with Crippen LogP contribution in [0.15, 0.2) is 41.6 Å². The van der Waals surface area contributed by atoms with Crippen molar-refractivity contribution in [1.29, 1.82) is 0 Å². The van der Waals surface area contributed by atoms with Crippen molar-refractivity contribution < 1.29 is 15.0 Å². The molecule has 0 aliphatic rings. The summed E-state index contributed by atoms with van der Waals surface area (Å²) in [7, 11) is 0. The molecule has 10 heteroatoms. The topological polar surface area (TPSA) is 109 Å². The van der Waals surface area contributed by atoms with Crippen LogP contribution in [-0.2, 0) is 11.2 Å². The third kappa shape index (κ3) is 3.73. The van der Waals surface area contributed by atoms with Gasteiger partial charge in [0, 0.05) is 0 Å². The van der Waals surface area contributed by atoms with E-state index in [0.29, 0.717) is 21.3 Å². The number of halogens is 2. The van der Waals surface area contributed by atoms with Gasteiger partial charge in [0.05, 0.1) is 35.0 Å². The van der Waals surface area contributed by atoms with Crippen LogP contribution in [-0.4, -0.2) is 36.9 Å². The van der Waals surface area contributed by atoms with Crippen LogP contribution in [0.1, 0.15) is 11.8 Å². The number of aliphatic hydroxyl groups excluding tert-OH is 2. The van der Waals surface area contributed by atoms with Crippen molar-refractivity contribution in [2.24, 2.45) is 0 Å². The number of aromatic nitrogens is 3. The summed E-state index contributed by atoms with van der Waals surface area (Å²) in [5.74, 6) is -0.310. The molecule has 8 nitrogen and oxygen atoms in total. The zero-order valence-corrected chi connectivity index (χ0v) is 14.8. The van der Waals surface area contributed by atoms with Crippen molar-refractivity contribution in [3.63, 3.8) is 0 Å². The molecule has 1 aromatic carbocycles. The van der Waals surface area contributed by atoms with Gasteiger partial charge in [-0.2, -0.15) is 5.10 Å². The summed E-state index contributed by atoms with van der Waals surface area (Å²) < 4.78 is 2.17. The van der Waals surface area contributed by atoms with Crippen molar-refractivity contribution >= 4 is 40.3 Å². The highest BCUT2D eigenvalue weighted by Gasteiger charge is 2.13. The van der Waals surface area contributed by atoms with Gasteiger partial charge in [0.15, 0.2) is 6.23 Å². The van der Waals surface area contributed by atoms with Crippen LogP contribution >= 0.6 is 23.2 Å². The quantitative estimate of drug-likeness (QED) is 0.604. The van der Waals surface area contributed by atoms with Gasteiger partial charge in [0.25, 0.3) is 5.56 Å². The highest BCUT2D eigenvalue weighted by Crippen LogP contribution is 2.23. The summed E-state index contributed by atoms with van der Waals surface area (Å²) in [6, 6.07) is 6.34. The van der Waals surface area contributed by atoms with E-state index >= 15 is 0 Å². The van der Waals surface area contributed by atoms with E-state index in [-0.39, 0.29) is 17.8 Å². The molecular weight excluding hydrogens is 383 g/mol. The number of amides is 1. The van der Waals surface area contributed by atoms with Crippen LogP contribution in [0, 0.1) is 0 Å². The summed E-state index contributed by atoms with van der Waals surface area (Å²) in [5, 5.41) is 26.0. The van der Waals surface area contributed by atoms with E-state index in [1.165, 1.54) is 16.8 Å². The minimum atomic E-state index is -1.39. The lowest BCUT2D eigenvalue weighted by Crippen LogP contribution is -2.28. The molecule has 0 bridgehead atoms. The van der Waals surface area contributed by atoms with E-state index in [4.69, 9.17) is 28.3 Å². The average Bonchev–Trinajstić information content (AvgIpc) is 3.01. The number of nitrogens with one attached hydrogen (secondary N) is 1. The van der Waals surface area contributed by atoms with Crippen LogP contribution in [0.25, 0.3) is 5.52 Å². The molecule has 26 heavy (non-hydrogen) atoms. The Morgan fingerprint density at radius 2 is 2.04 bits per heavy atom. The molecule has 3 N–H and O–H groups in total. The Morgan fingerprint density at radius 3 is 2.73 bits per heavy atom. The molecule has 1 amide bonds. The molecule has 0 radical (unpaired) electrons. The number of anilines is 1. The predicted octanol–water partition coefficient (Wildman–Crippen LogP) is 1.47. The van der Waals surface area contributed by atoms with Crippen molar-refractivity contribution in [2.45, 2.75) is 12.6 Å². The maximum Gasteiger partial charge on any atom is 0.279 e. The smallest absolute Gasteiger partial charge is 0.279 e. The molecule has 0 aliphatic heterocycles.